The van der Waals surface area contributed by atoms with E-state index in [0.717, 1.165) is 17.1 Å². The molecule has 4 nitrogen and oxygen atoms in total. The van der Waals surface area contributed by atoms with E-state index in [1.165, 1.54) is 0 Å². The molecule has 0 radical (unpaired) electrons. The number of carbonyl (C=O) groups is 1. The molecule has 120 valence electrons. The van der Waals surface area contributed by atoms with Crippen molar-refractivity contribution in [1.82, 2.24) is 5.32 Å². The number of hydrogen-bond acceptors (Lipinski definition) is 3. The fourth-order valence-corrected chi connectivity index (χ4v) is 3.89. The van der Waals surface area contributed by atoms with E-state index in [1.807, 2.05) is 60.7 Å². The van der Waals surface area contributed by atoms with Gasteiger partial charge in [-0.3, -0.25) is 4.90 Å². The Morgan fingerprint density at radius 3 is 2.13 bits per heavy atom. The first kappa shape index (κ1) is 15.9. The minimum absolute atomic E-state index is 0.229. The fraction of sp³-hybridized carbons (Fsp3) is 0.278. The van der Waals surface area contributed by atoms with Gasteiger partial charge >= 0.3 is 6.03 Å². The lowest BCUT2D eigenvalue weighted by atomic mass is 10.0. The topological polar surface area (TPSA) is 52.6 Å². The minimum atomic E-state index is -0.792. The number of carbonyl (C=O) groups excluding carboxylic acids is 1. The van der Waals surface area contributed by atoms with Gasteiger partial charge in [0, 0.05) is 12.3 Å². The van der Waals surface area contributed by atoms with Gasteiger partial charge in [0.15, 0.2) is 0 Å². The van der Waals surface area contributed by atoms with E-state index < -0.39 is 5.60 Å². The Kier molecular flexibility index (Phi) is 4.88. The maximum Gasteiger partial charge on any atom is 0.326 e. The summed E-state index contributed by atoms with van der Waals surface area (Å²) in [6, 6.07) is 18.8. The lowest BCUT2D eigenvalue weighted by molar-refractivity contribution is 0.0704. The number of thioether (sulfide) groups is 1. The number of anilines is 2. The van der Waals surface area contributed by atoms with Crippen molar-refractivity contribution >= 4 is 29.2 Å². The number of para-hydroxylation sites is 2. The van der Waals surface area contributed by atoms with E-state index in [2.05, 4.69) is 5.32 Å². The molecule has 1 aliphatic heterocycles. The highest BCUT2D eigenvalue weighted by molar-refractivity contribution is 7.99. The number of aliphatic hydroxyl groups is 1. The molecule has 2 aromatic carbocycles. The van der Waals surface area contributed by atoms with Crippen LogP contribution in [0.3, 0.4) is 0 Å². The van der Waals surface area contributed by atoms with E-state index in [1.54, 1.807) is 16.7 Å². The predicted octanol–water partition coefficient (Wildman–Crippen LogP) is 3.40. The van der Waals surface area contributed by atoms with Gasteiger partial charge < -0.3 is 10.4 Å². The van der Waals surface area contributed by atoms with E-state index in [0.29, 0.717) is 12.2 Å². The zero-order valence-corrected chi connectivity index (χ0v) is 13.6. The molecule has 2 aromatic rings. The molecule has 1 heterocycles. The number of urea groups is 1. The second-order valence-electron chi connectivity index (χ2n) is 5.69. The van der Waals surface area contributed by atoms with Crippen molar-refractivity contribution in [3.05, 3.63) is 60.7 Å². The van der Waals surface area contributed by atoms with Crippen LogP contribution >= 0.6 is 11.8 Å². The molecule has 0 aromatic heterocycles. The molecular weight excluding hydrogens is 308 g/mol. The van der Waals surface area contributed by atoms with Gasteiger partial charge in [0.2, 0.25) is 0 Å². The van der Waals surface area contributed by atoms with Crippen LogP contribution in [0.2, 0.25) is 0 Å². The maximum atomic E-state index is 12.7. The summed E-state index contributed by atoms with van der Waals surface area (Å²) in [5, 5.41) is 13.3. The summed E-state index contributed by atoms with van der Waals surface area (Å²) < 4.78 is 0. The summed E-state index contributed by atoms with van der Waals surface area (Å²) in [6.45, 7) is 0.273. The maximum absolute atomic E-state index is 12.7. The van der Waals surface area contributed by atoms with Gasteiger partial charge in [-0.2, -0.15) is 11.8 Å². The Bertz CT molecular complexity index is 603. The van der Waals surface area contributed by atoms with E-state index in [-0.39, 0.29) is 12.6 Å². The van der Waals surface area contributed by atoms with Gasteiger partial charge in [0.05, 0.1) is 17.0 Å². The monoisotopic (exact) mass is 328 g/mol. The smallest absolute Gasteiger partial charge is 0.326 e. The Balaban J connectivity index is 1.79. The molecule has 3 rings (SSSR count). The van der Waals surface area contributed by atoms with E-state index in [4.69, 9.17) is 0 Å². The van der Waals surface area contributed by atoms with Crippen molar-refractivity contribution in [2.24, 2.45) is 0 Å². The first-order valence-corrected chi connectivity index (χ1v) is 8.82. The third-order valence-electron chi connectivity index (χ3n) is 3.88. The van der Waals surface area contributed by atoms with Gasteiger partial charge in [-0.1, -0.05) is 36.4 Å². The Morgan fingerprint density at radius 2 is 1.65 bits per heavy atom. The molecule has 5 heteroatoms. The lowest BCUT2D eigenvalue weighted by Gasteiger charge is -2.27. The number of nitrogens with zero attached hydrogens (tertiary/aromatic N) is 1. The van der Waals surface area contributed by atoms with Gasteiger partial charge in [-0.05, 0) is 36.4 Å². The highest BCUT2D eigenvalue weighted by Gasteiger charge is 2.32. The highest BCUT2D eigenvalue weighted by Crippen LogP contribution is 2.28. The van der Waals surface area contributed by atoms with Crippen LogP contribution in [0.15, 0.2) is 60.7 Å². The first-order valence-electron chi connectivity index (χ1n) is 7.66. The number of hydrogen-bond donors (Lipinski definition) is 2. The summed E-state index contributed by atoms with van der Waals surface area (Å²) >= 11 is 1.72. The molecule has 0 aliphatic carbocycles. The average molecular weight is 328 g/mol. The molecule has 1 unspecified atom stereocenters. The van der Waals surface area contributed by atoms with Crippen molar-refractivity contribution in [3.8, 4) is 0 Å². The lowest BCUT2D eigenvalue weighted by Crippen LogP contribution is -2.46. The van der Waals surface area contributed by atoms with Gasteiger partial charge in [-0.25, -0.2) is 4.79 Å². The van der Waals surface area contributed by atoms with Gasteiger partial charge in [-0.15, -0.1) is 0 Å². The summed E-state index contributed by atoms with van der Waals surface area (Å²) in [4.78, 5) is 14.4. The molecule has 2 amide bonds. The minimum Gasteiger partial charge on any atom is -0.387 e. The number of benzene rings is 2. The average Bonchev–Trinajstić information content (AvgIpc) is 3.02. The predicted molar refractivity (Wildman–Crippen MR) is 95.3 cm³/mol. The van der Waals surface area contributed by atoms with Crippen LogP contribution < -0.4 is 10.2 Å². The Hall–Kier alpha value is -1.98. The van der Waals surface area contributed by atoms with E-state index >= 15 is 0 Å². The molecule has 1 atom stereocenters. The quantitative estimate of drug-likeness (QED) is 0.904. The second-order valence-corrected chi connectivity index (χ2v) is 6.80. The number of rotatable bonds is 4. The molecule has 0 spiro atoms. The van der Waals surface area contributed by atoms with Crippen LogP contribution in [0.4, 0.5) is 16.2 Å². The normalized spacial score (nSPS) is 20.2. The summed E-state index contributed by atoms with van der Waals surface area (Å²) in [7, 11) is 0. The first-order chi connectivity index (χ1) is 11.2. The molecule has 23 heavy (non-hydrogen) atoms. The van der Waals surface area contributed by atoms with Crippen LogP contribution in [0.25, 0.3) is 0 Å². The van der Waals surface area contributed by atoms with Crippen LogP contribution in [-0.4, -0.2) is 34.8 Å². The van der Waals surface area contributed by atoms with Crippen molar-refractivity contribution in [3.63, 3.8) is 0 Å². The zero-order chi connectivity index (χ0) is 16.1. The summed E-state index contributed by atoms with van der Waals surface area (Å²) in [6.07, 6.45) is 0.717. The third-order valence-corrected chi connectivity index (χ3v) is 5.12. The molecule has 1 fully saturated rings. The van der Waals surface area contributed by atoms with Crippen molar-refractivity contribution in [2.45, 2.75) is 12.0 Å². The summed E-state index contributed by atoms with van der Waals surface area (Å²) in [5.74, 6) is 1.61. The van der Waals surface area contributed by atoms with Crippen molar-refractivity contribution in [2.75, 3.05) is 23.0 Å². The SMILES string of the molecule is O=C(NCC1(O)CCSC1)N(c1ccccc1)c1ccccc1. The van der Waals surface area contributed by atoms with Crippen LogP contribution in [0, 0.1) is 0 Å². The molecule has 0 bridgehead atoms. The molecule has 1 saturated heterocycles. The Labute approximate surface area is 140 Å². The Morgan fingerprint density at radius 1 is 1.09 bits per heavy atom. The third kappa shape index (κ3) is 3.86. The number of nitrogens with one attached hydrogen (secondary N) is 1. The van der Waals surface area contributed by atoms with Crippen LogP contribution in [0.1, 0.15) is 6.42 Å². The van der Waals surface area contributed by atoms with Gasteiger partial charge in [0.1, 0.15) is 0 Å². The summed E-state index contributed by atoms with van der Waals surface area (Å²) in [5.41, 5.74) is 0.798. The van der Waals surface area contributed by atoms with Gasteiger partial charge in [0.25, 0.3) is 0 Å². The van der Waals surface area contributed by atoms with Crippen LogP contribution in [-0.2, 0) is 0 Å². The molecule has 0 saturated carbocycles. The standard InChI is InChI=1S/C18H20N2O2S/c21-17(19-13-18(22)11-12-23-14-18)20(15-7-3-1-4-8-15)16-9-5-2-6-10-16/h1-10,22H,11-14H2,(H,19,21). The fourth-order valence-electron chi connectivity index (χ4n) is 2.59. The highest BCUT2D eigenvalue weighted by atomic mass is 32.2. The second kappa shape index (κ2) is 7.06. The molecule has 1 aliphatic rings. The van der Waals surface area contributed by atoms with Crippen molar-refractivity contribution in [1.29, 1.82) is 0 Å². The van der Waals surface area contributed by atoms with E-state index in [9.17, 15) is 9.90 Å². The number of amides is 2. The molecular formula is C18H20N2O2S. The largest absolute Gasteiger partial charge is 0.387 e. The zero-order valence-electron chi connectivity index (χ0n) is 12.8. The molecule has 2 N–H and O–H groups in total. The van der Waals surface area contributed by atoms with Crippen molar-refractivity contribution < 1.29 is 9.90 Å². The van der Waals surface area contributed by atoms with Crippen LogP contribution in [0.5, 0.6) is 0 Å².